The third-order valence-electron chi connectivity index (χ3n) is 3.61. The minimum Gasteiger partial charge on any atom is -0.478 e. The Labute approximate surface area is 107 Å². The molecule has 2 rings (SSSR count). The average molecular weight is 249 g/mol. The lowest BCUT2D eigenvalue weighted by molar-refractivity contribution is 0.0695. The number of aromatic nitrogens is 2. The first-order valence-electron chi connectivity index (χ1n) is 6.32. The van der Waals surface area contributed by atoms with Crippen LogP contribution >= 0.6 is 0 Å². The first-order valence-corrected chi connectivity index (χ1v) is 6.32. The summed E-state index contributed by atoms with van der Waals surface area (Å²) >= 11 is 0. The van der Waals surface area contributed by atoms with Crippen molar-refractivity contribution in [1.82, 2.24) is 10.2 Å². The summed E-state index contributed by atoms with van der Waals surface area (Å²) in [6.45, 7) is 7.49. The Morgan fingerprint density at radius 1 is 1.39 bits per heavy atom. The number of hydrogen-bond acceptors (Lipinski definition) is 4. The lowest BCUT2D eigenvalue weighted by Gasteiger charge is -2.32. The van der Waals surface area contributed by atoms with Gasteiger partial charge in [0.05, 0.1) is 5.69 Å². The topological polar surface area (TPSA) is 66.3 Å². The molecular formula is C13H19N3O2. The molecule has 1 unspecified atom stereocenters. The average Bonchev–Trinajstić information content (AvgIpc) is 2.32. The van der Waals surface area contributed by atoms with Crippen molar-refractivity contribution in [1.29, 1.82) is 0 Å². The van der Waals surface area contributed by atoms with Crippen molar-refractivity contribution >= 4 is 11.8 Å². The van der Waals surface area contributed by atoms with E-state index < -0.39 is 5.97 Å². The maximum absolute atomic E-state index is 11.4. The molecule has 0 aliphatic carbocycles. The number of carboxylic acid groups (broad SMARTS) is 1. The van der Waals surface area contributed by atoms with E-state index in [1.807, 2.05) is 0 Å². The van der Waals surface area contributed by atoms with Crippen molar-refractivity contribution in [3.8, 4) is 0 Å². The zero-order valence-corrected chi connectivity index (χ0v) is 11.1. The number of nitrogens with zero attached hydrogens (tertiary/aromatic N) is 3. The van der Waals surface area contributed by atoms with E-state index in [1.165, 1.54) is 6.42 Å². The van der Waals surface area contributed by atoms with Gasteiger partial charge in [-0.2, -0.15) is 5.10 Å². The van der Waals surface area contributed by atoms with Crippen LogP contribution < -0.4 is 4.90 Å². The minimum absolute atomic E-state index is 0.302. The van der Waals surface area contributed by atoms with Crippen LogP contribution in [0.1, 0.15) is 41.4 Å². The van der Waals surface area contributed by atoms with Gasteiger partial charge in [0.25, 0.3) is 0 Å². The van der Waals surface area contributed by atoms with Crippen LogP contribution in [0.5, 0.6) is 0 Å². The molecule has 1 aliphatic rings. The van der Waals surface area contributed by atoms with Gasteiger partial charge in [-0.25, -0.2) is 4.79 Å². The summed E-state index contributed by atoms with van der Waals surface area (Å²) in [4.78, 5) is 13.5. The Morgan fingerprint density at radius 2 is 2.11 bits per heavy atom. The van der Waals surface area contributed by atoms with Crippen molar-refractivity contribution in [2.75, 3.05) is 18.0 Å². The zero-order valence-electron chi connectivity index (χ0n) is 11.1. The van der Waals surface area contributed by atoms with Crippen molar-refractivity contribution in [3.05, 3.63) is 16.8 Å². The van der Waals surface area contributed by atoms with Gasteiger partial charge >= 0.3 is 5.97 Å². The van der Waals surface area contributed by atoms with Crippen molar-refractivity contribution in [2.45, 2.75) is 33.6 Å². The highest BCUT2D eigenvalue weighted by atomic mass is 16.4. The van der Waals surface area contributed by atoms with E-state index in [9.17, 15) is 9.90 Å². The number of hydrogen-bond donors (Lipinski definition) is 1. The molecule has 1 fully saturated rings. The molecule has 5 heteroatoms. The van der Waals surface area contributed by atoms with Gasteiger partial charge in [0, 0.05) is 13.1 Å². The van der Waals surface area contributed by atoms with Crippen LogP contribution in [0, 0.1) is 19.8 Å². The predicted molar refractivity (Wildman–Crippen MR) is 69.1 cm³/mol. The van der Waals surface area contributed by atoms with Crippen LogP contribution in [0.4, 0.5) is 5.82 Å². The fourth-order valence-electron chi connectivity index (χ4n) is 2.46. The van der Waals surface area contributed by atoms with Gasteiger partial charge in [-0.1, -0.05) is 6.92 Å². The molecule has 1 saturated heterocycles. The van der Waals surface area contributed by atoms with Crippen LogP contribution in [0.3, 0.4) is 0 Å². The van der Waals surface area contributed by atoms with Crippen LogP contribution in [0.15, 0.2) is 0 Å². The molecule has 5 nitrogen and oxygen atoms in total. The molecule has 1 N–H and O–H groups in total. The van der Waals surface area contributed by atoms with E-state index in [4.69, 9.17) is 0 Å². The SMILES string of the molecule is Cc1nnc(N2CCCC(C)C2)c(C(=O)O)c1C. The summed E-state index contributed by atoms with van der Waals surface area (Å²) in [6.07, 6.45) is 2.27. The lowest BCUT2D eigenvalue weighted by atomic mass is 9.99. The Kier molecular flexibility index (Phi) is 3.50. The number of anilines is 1. The van der Waals surface area contributed by atoms with Crippen molar-refractivity contribution < 1.29 is 9.90 Å². The van der Waals surface area contributed by atoms with E-state index in [0.29, 0.717) is 28.6 Å². The van der Waals surface area contributed by atoms with E-state index >= 15 is 0 Å². The third-order valence-corrected chi connectivity index (χ3v) is 3.61. The maximum atomic E-state index is 11.4. The molecule has 0 saturated carbocycles. The number of rotatable bonds is 2. The summed E-state index contributed by atoms with van der Waals surface area (Å²) in [5.74, 6) is 0.180. The lowest BCUT2D eigenvalue weighted by Crippen LogP contribution is -2.36. The Morgan fingerprint density at radius 3 is 2.72 bits per heavy atom. The van der Waals surface area contributed by atoms with E-state index in [1.54, 1.807) is 13.8 Å². The first kappa shape index (κ1) is 12.8. The maximum Gasteiger partial charge on any atom is 0.339 e. The van der Waals surface area contributed by atoms with E-state index in [0.717, 1.165) is 19.5 Å². The number of carboxylic acids is 1. The van der Waals surface area contributed by atoms with Gasteiger partial charge in [0.15, 0.2) is 5.82 Å². The molecule has 1 aromatic rings. The Hall–Kier alpha value is -1.65. The largest absolute Gasteiger partial charge is 0.478 e. The van der Waals surface area contributed by atoms with Crippen LogP contribution in [0.2, 0.25) is 0 Å². The Balaban J connectivity index is 2.43. The molecule has 0 spiro atoms. The monoisotopic (exact) mass is 249 g/mol. The standard InChI is InChI=1S/C13H19N3O2/c1-8-5-4-6-16(7-8)12-11(13(17)18)9(2)10(3)14-15-12/h8H,4-7H2,1-3H3,(H,17,18). The molecular weight excluding hydrogens is 230 g/mol. The summed E-state index contributed by atoms with van der Waals surface area (Å²) in [6, 6.07) is 0. The fourth-order valence-corrected chi connectivity index (χ4v) is 2.46. The van der Waals surface area contributed by atoms with E-state index in [-0.39, 0.29) is 0 Å². The summed E-state index contributed by atoms with van der Waals surface area (Å²) in [5, 5.41) is 17.6. The zero-order chi connectivity index (χ0) is 13.3. The van der Waals surface area contributed by atoms with Crippen LogP contribution in [-0.2, 0) is 0 Å². The number of aryl methyl sites for hydroxylation is 1. The number of carbonyl (C=O) groups is 1. The summed E-state index contributed by atoms with van der Waals surface area (Å²) < 4.78 is 0. The highest BCUT2D eigenvalue weighted by molar-refractivity contribution is 5.95. The second-order valence-corrected chi connectivity index (χ2v) is 5.11. The third kappa shape index (κ3) is 2.30. The number of piperidine rings is 1. The predicted octanol–water partition coefficient (Wildman–Crippen LogP) is 2.03. The number of aromatic carboxylic acids is 1. The van der Waals surface area contributed by atoms with Crippen LogP contribution in [-0.4, -0.2) is 34.4 Å². The molecule has 0 aromatic carbocycles. The van der Waals surface area contributed by atoms with Gasteiger partial charge in [-0.3, -0.25) is 0 Å². The van der Waals surface area contributed by atoms with E-state index in [2.05, 4.69) is 22.0 Å². The Bertz CT molecular complexity index is 474. The van der Waals surface area contributed by atoms with Gasteiger partial charge in [-0.15, -0.1) is 5.10 Å². The second kappa shape index (κ2) is 4.92. The second-order valence-electron chi connectivity index (χ2n) is 5.11. The van der Waals surface area contributed by atoms with Crippen molar-refractivity contribution in [2.24, 2.45) is 5.92 Å². The summed E-state index contributed by atoms with van der Waals surface area (Å²) in [7, 11) is 0. The van der Waals surface area contributed by atoms with Gasteiger partial charge in [-0.05, 0) is 38.2 Å². The molecule has 1 aromatic heterocycles. The minimum atomic E-state index is -0.918. The molecule has 1 aliphatic heterocycles. The molecule has 18 heavy (non-hydrogen) atoms. The quantitative estimate of drug-likeness (QED) is 0.868. The summed E-state index contributed by atoms with van der Waals surface area (Å²) in [5.41, 5.74) is 1.70. The van der Waals surface area contributed by atoms with Gasteiger partial charge in [0.2, 0.25) is 0 Å². The molecule has 2 heterocycles. The molecule has 1 atom stereocenters. The molecule has 98 valence electrons. The normalized spacial score (nSPS) is 19.9. The van der Waals surface area contributed by atoms with Gasteiger partial charge in [0.1, 0.15) is 5.56 Å². The fraction of sp³-hybridized carbons (Fsp3) is 0.615. The molecule has 0 radical (unpaired) electrons. The van der Waals surface area contributed by atoms with Crippen LogP contribution in [0.25, 0.3) is 0 Å². The highest BCUT2D eigenvalue weighted by Crippen LogP contribution is 2.26. The smallest absolute Gasteiger partial charge is 0.339 e. The highest BCUT2D eigenvalue weighted by Gasteiger charge is 2.25. The first-order chi connectivity index (χ1) is 8.50. The van der Waals surface area contributed by atoms with Gasteiger partial charge < -0.3 is 10.0 Å². The molecule has 0 amide bonds. The molecule has 0 bridgehead atoms. The van der Waals surface area contributed by atoms with Crippen molar-refractivity contribution in [3.63, 3.8) is 0 Å².